The zero-order valence-corrected chi connectivity index (χ0v) is 41.5. The van der Waals surface area contributed by atoms with Crippen LogP contribution in [0.25, 0.3) is 0 Å². The Bertz CT molecular complexity index is 952. The van der Waals surface area contributed by atoms with E-state index in [-0.39, 0.29) is 26.4 Å². The molecule has 0 aromatic rings. The minimum Gasteiger partial charge on any atom is -0.498 e. The molecule has 2 atom stereocenters. The smallest absolute Gasteiger partial charge is 0.472 e. The molecule has 0 aliphatic rings. The summed E-state index contributed by atoms with van der Waals surface area (Å²) in [6, 6.07) is 0. The molecule has 10 heteroatoms. The van der Waals surface area contributed by atoms with Gasteiger partial charge in [0.15, 0.2) is 6.10 Å². The molecular weight excluding hydrogens is 760 g/mol. The number of aliphatic hydroxyl groups excluding tert-OH is 1. The number of phosphoric ester groups is 1. The third-order valence-electron chi connectivity index (χ3n) is 10.5. The molecule has 9 nitrogen and oxygen atoms in total. The van der Waals surface area contributed by atoms with Gasteiger partial charge < -0.3 is 28.4 Å². The van der Waals surface area contributed by atoms with Crippen molar-refractivity contribution in [1.29, 1.82) is 0 Å². The Morgan fingerprint density at radius 3 is 1.19 bits per heavy atom. The maximum absolute atomic E-state index is 12.5. The summed E-state index contributed by atoms with van der Waals surface area (Å²) in [6.07, 6.45) is 47.0. The third-order valence-corrected chi connectivity index (χ3v) is 11.5. The molecule has 0 saturated heterocycles. The highest BCUT2D eigenvalue weighted by Crippen LogP contribution is 2.43. The second-order valence-electron chi connectivity index (χ2n) is 19.0. The molecule has 0 aromatic heterocycles. The van der Waals surface area contributed by atoms with Crippen molar-refractivity contribution in [3.63, 3.8) is 0 Å². The summed E-state index contributed by atoms with van der Waals surface area (Å²) in [7, 11) is 8.00. The Labute approximate surface area is 367 Å². The van der Waals surface area contributed by atoms with Gasteiger partial charge in [0.2, 0.25) is 0 Å². The van der Waals surface area contributed by atoms with Crippen LogP contribution in [0.5, 0.6) is 0 Å². The van der Waals surface area contributed by atoms with Crippen molar-refractivity contribution in [1.82, 2.24) is 0 Å². The molecule has 2 unspecified atom stereocenters. The van der Waals surface area contributed by atoms with Gasteiger partial charge in [-0.1, -0.05) is 181 Å². The van der Waals surface area contributed by atoms with Crippen LogP contribution in [0.2, 0.25) is 0 Å². The van der Waals surface area contributed by atoms with E-state index in [0.29, 0.717) is 11.0 Å². The topological polar surface area (TPSA) is 94.5 Å². The lowest BCUT2D eigenvalue weighted by Crippen LogP contribution is -2.37. The number of unbranched alkanes of at least 4 members (excludes halogenated alkanes) is 28. The zero-order valence-electron chi connectivity index (χ0n) is 40.6. The lowest BCUT2D eigenvalue weighted by molar-refractivity contribution is -0.870. The minimum absolute atomic E-state index is 0.0891. The van der Waals surface area contributed by atoms with Crippen LogP contribution in [0.15, 0.2) is 24.7 Å². The molecule has 2 N–H and O–H groups in total. The first-order chi connectivity index (χ1) is 28.3. The van der Waals surface area contributed by atoms with Crippen LogP contribution < -0.4 is 0 Å². The normalized spacial score (nSPS) is 13.8. The Balaban J connectivity index is 0. The van der Waals surface area contributed by atoms with Gasteiger partial charge in [0.25, 0.3) is 0 Å². The van der Waals surface area contributed by atoms with Gasteiger partial charge in [0.1, 0.15) is 26.3 Å². The first-order valence-electron chi connectivity index (χ1n) is 24.7. The average Bonchev–Trinajstić information content (AvgIpc) is 3.16. The van der Waals surface area contributed by atoms with Crippen LogP contribution in [-0.4, -0.2) is 107 Å². The van der Waals surface area contributed by atoms with E-state index in [1.54, 1.807) is 12.5 Å². The molecule has 0 fully saturated rings. The fourth-order valence-corrected chi connectivity index (χ4v) is 7.26. The highest BCUT2D eigenvalue weighted by Gasteiger charge is 2.25. The number of hydrogen-bond donors (Lipinski definition) is 2. The van der Waals surface area contributed by atoms with E-state index in [9.17, 15) is 9.46 Å². The standard InChI is InChI=1S/C44H88NO6P.C5H14NO/c1-6-8-10-12-14-16-18-20-22-24-26-28-30-32-34-36-39-48-42-44(43-51-52(46,47)50-41-38-45(3,4)5)49-40-37-35-33-31-29-27-25-23-21-19-17-15-13-11-9-7-2;1-6(2,3)4-5-7/h36-37,39-40,44H,6-35,38,41-43H2,1-5H3;7H,4-5H2,1-3H3/q;+1/p+1. The Kier molecular flexibility index (Phi) is 44.6. The van der Waals surface area contributed by atoms with Crippen LogP contribution in [0.3, 0.4) is 0 Å². The fourth-order valence-electron chi connectivity index (χ4n) is 6.52. The Morgan fingerprint density at radius 1 is 0.492 bits per heavy atom. The Morgan fingerprint density at radius 2 is 0.847 bits per heavy atom. The molecule has 354 valence electrons. The summed E-state index contributed by atoms with van der Waals surface area (Å²) in [4.78, 5) is 10.2. The van der Waals surface area contributed by atoms with E-state index in [2.05, 4.69) is 41.1 Å². The number of phosphoric acid groups is 1. The average molecular weight is 863 g/mol. The number of likely N-dealkylation sites (N-methyl/N-ethyl adjacent to an activating group) is 2. The van der Waals surface area contributed by atoms with Crippen molar-refractivity contribution in [3.8, 4) is 0 Å². The summed E-state index contributed by atoms with van der Waals surface area (Å²) in [5.41, 5.74) is 0. The van der Waals surface area contributed by atoms with Gasteiger partial charge >= 0.3 is 7.82 Å². The second-order valence-corrected chi connectivity index (χ2v) is 20.4. The molecule has 0 saturated carbocycles. The van der Waals surface area contributed by atoms with E-state index in [1.165, 1.54) is 173 Å². The number of ether oxygens (including phenoxy) is 2. The largest absolute Gasteiger partial charge is 0.498 e. The summed E-state index contributed by atoms with van der Waals surface area (Å²) in [6.45, 7) is 6.56. The van der Waals surface area contributed by atoms with E-state index >= 15 is 0 Å². The number of hydrogen-bond acceptors (Lipinski definition) is 6. The second kappa shape index (κ2) is 43.7. The van der Waals surface area contributed by atoms with Crippen molar-refractivity contribution in [3.05, 3.63) is 24.7 Å². The molecule has 0 radical (unpaired) electrons. The molecule has 0 aliphatic carbocycles. The van der Waals surface area contributed by atoms with Gasteiger partial charge in [-0.2, -0.15) is 0 Å². The van der Waals surface area contributed by atoms with Crippen molar-refractivity contribution in [2.75, 3.05) is 81.8 Å². The van der Waals surface area contributed by atoms with E-state index in [0.717, 1.165) is 30.3 Å². The van der Waals surface area contributed by atoms with Crippen LogP contribution >= 0.6 is 7.82 Å². The fraction of sp³-hybridized carbons (Fsp3) is 0.918. The predicted octanol–water partition coefficient (Wildman–Crippen LogP) is 13.7. The molecule has 0 spiro atoms. The van der Waals surface area contributed by atoms with Crippen LogP contribution in [0, 0.1) is 0 Å². The van der Waals surface area contributed by atoms with Crippen LogP contribution in [0.1, 0.15) is 206 Å². The van der Waals surface area contributed by atoms with Crippen LogP contribution in [-0.2, 0) is 23.1 Å². The van der Waals surface area contributed by atoms with Gasteiger partial charge in [-0.3, -0.25) is 9.05 Å². The van der Waals surface area contributed by atoms with Crippen molar-refractivity contribution in [2.45, 2.75) is 213 Å². The van der Waals surface area contributed by atoms with E-state index < -0.39 is 13.9 Å². The number of quaternary nitrogens is 2. The molecule has 0 bridgehead atoms. The van der Waals surface area contributed by atoms with Gasteiger partial charge in [-0.05, 0) is 37.8 Å². The van der Waals surface area contributed by atoms with E-state index in [4.69, 9.17) is 23.6 Å². The monoisotopic (exact) mass is 863 g/mol. The third kappa shape index (κ3) is 55.1. The summed E-state index contributed by atoms with van der Waals surface area (Å²) < 4.78 is 36.1. The van der Waals surface area contributed by atoms with E-state index in [1.807, 2.05) is 27.2 Å². The summed E-state index contributed by atoms with van der Waals surface area (Å²) >= 11 is 0. The number of rotatable bonds is 44. The first kappa shape index (κ1) is 60.2. The predicted molar refractivity (Wildman–Crippen MR) is 254 cm³/mol. The molecule has 0 rings (SSSR count). The molecule has 0 aromatic carbocycles. The summed E-state index contributed by atoms with van der Waals surface area (Å²) in [5.74, 6) is 0. The van der Waals surface area contributed by atoms with Gasteiger partial charge in [0.05, 0.1) is 68.0 Å². The minimum atomic E-state index is -4.18. The number of nitrogens with zero attached hydrogens (tertiary/aromatic N) is 2. The molecule has 59 heavy (non-hydrogen) atoms. The van der Waals surface area contributed by atoms with Gasteiger partial charge in [-0.15, -0.1) is 0 Å². The summed E-state index contributed by atoms with van der Waals surface area (Å²) in [5, 5.41) is 8.39. The maximum Gasteiger partial charge on any atom is 0.472 e. The van der Waals surface area contributed by atoms with Crippen molar-refractivity contribution < 1.29 is 42.1 Å². The lowest BCUT2D eigenvalue weighted by Gasteiger charge is -2.24. The zero-order chi connectivity index (χ0) is 44.2. The van der Waals surface area contributed by atoms with Gasteiger partial charge in [-0.25, -0.2) is 4.57 Å². The lowest BCUT2D eigenvalue weighted by atomic mass is 10.0. The molecule has 0 aliphatic heterocycles. The maximum atomic E-state index is 12.5. The van der Waals surface area contributed by atoms with Gasteiger partial charge in [0, 0.05) is 0 Å². The number of aliphatic hydroxyl groups is 1. The molecular formula is C49H103N2O7P+2. The molecule has 0 heterocycles. The highest BCUT2D eigenvalue weighted by molar-refractivity contribution is 7.47. The quantitative estimate of drug-likeness (QED) is 0.0273. The van der Waals surface area contributed by atoms with Crippen molar-refractivity contribution >= 4 is 7.82 Å². The number of allylic oxidation sites excluding steroid dienone is 2. The first-order valence-corrected chi connectivity index (χ1v) is 26.2. The highest BCUT2D eigenvalue weighted by atomic mass is 31.2. The molecule has 0 amide bonds. The SMILES string of the molecule is CCCCCCCCCCCCCCCCC=COCC(COP(=O)(O)OCC[N+](C)(C)C)OC=CCCCCCCCCCCCCCCCC.C[N+](C)(C)CCO. The van der Waals surface area contributed by atoms with Crippen molar-refractivity contribution in [2.24, 2.45) is 0 Å². The van der Waals surface area contributed by atoms with Crippen LogP contribution in [0.4, 0.5) is 0 Å². The Hall–Kier alpha value is -0.930.